The zero-order chi connectivity index (χ0) is 26.4. The minimum atomic E-state index is -0.686. The number of thiophene rings is 1. The van der Waals surface area contributed by atoms with Crippen LogP contribution in [0.15, 0.2) is 29.4 Å². The summed E-state index contributed by atoms with van der Waals surface area (Å²) in [5.41, 5.74) is 5.92. The van der Waals surface area contributed by atoms with Crippen LogP contribution in [0.1, 0.15) is 45.3 Å². The number of benzene rings is 1. The van der Waals surface area contributed by atoms with Crippen molar-refractivity contribution in [2.45, 2.75) is 38.6 Å². The molecule has 0 bridgehead atoms. The maximum atomic E-state index is 12.7. The number of esters is 1. The maximum absolute atomic E-state index is 12.7. The van der Waals surface area contributed by atoms with Crippen molar-refractivity contribution in [3.05, 3.63) is 46.1 Å². The first-order valence-corrected chi connectivity index (χ1v) is 12.6. The number of ether oxygens (including phenoxy) is 3. The molecule has 3 aromatic rings. The van der Waals surface area contributed by atoms with Crippen molar-refractivity contribution in [3.63, 3.8) is 0 Å². The third kappa shape index (κ3) is 6.55. The molecule has 11 nitrogen and oxygen atoms in total. The van der Waals surface area contributed by atoms with Gasteiger partial charge in [-0.1, -0.05) is 11.8 Å². The van der Waals surface area contributed by atoms with Crippen LogP contribution in [0, 0.1) is 6.92 Å². The molecule has 36 heavy (non-hydrogen) atoms. The molecule has 0 saturated carbocycles. The molecule has 2 aromatic heterocycles. The van der Waals surface area contributed by atoms with Gasteiger partial charge in [0.2, 0.25) is 5.91 Å². The Labute approximate surface area is 216 Å². The predicted molar refractivity (Wildman–Crippen MR) is 136 cm³/mol. The number of nitrogens with zero attached hydrogens (tertiary/aromatic N) is 3. The van der Waals surface area contributed by atoms with E-state index in [9.17, 15) is 14.4 Å². The van der Waals surface area contributed by atoms with E-state index in [1.807, 2.05) is 0 Å². The molecule has 0 radical (unpaired) electrons. The van der Waals surface area contributed by atoms with E-state index < -0.39 is 17.8 Å². The Balaban J connectivity index is 1.63. The number of hydrogen-bond donors (Lipinski definition) is 2. The van der Waals surface area contributed by atoms with Gasteiger partial charge in [-0.3, -0.25) is 9.59 Å². The van der Waals surface area contributed by atoms with Gasteiger partial charge >= 0.3 is 5.97 Å². The minimum Gasteiger partial charge on any atom is -0.497 e. The normalized spacial score (nSPS) is 10.8. The maximum Gasteiger partial charge on any atom is 0.341 e. The highest BCUT2D eigenvalue weighted by Crippen LogP contribution is 2.34. The van der Waals surface area contributed by atoms with Crippen molar-refractivity contribution in [2.75, 3.05) is 18.2 Å². The van der Waals surface area contributed by atoms with Crippen molar-refractivity contribution in [1.29, 1.82) is 0 Å². The Hall–Kier alpha value is -3.58. The summed E-state index contributed by atoms with van der Waals surface area (Å²) in [5, 5.41) is 11.7. The van der Waals surface area contributed by atoms with Crippen LogP contribution in [0.25, 0.3) is 0 Å². The monoisotopic (exact) mass is 533 g/mol. The Morgan fingerprint density at radius 2 is 1.83 bits per heavy atom. The zero-order valence-corrected chi connectivity index (χ0v) is 22.1. The molecule has 3 rings (SSSR count). The molecule has 0 aliphatic heterocycles. The summed E-state index contributed by atoms with van der Waals surface area (Å²) in [6.45, 7) is 5.20. The molecular formula is C23H27N5O6S2. The molecule has 13 heteroatoms. The lowest BCUT2D eigenvalue weighted by Crippen LogP contribution is -2.18. The van der Waals surface area contributed by atoms with Crippen LogP contribution in [0.4, 0.5) is 5.00 Å². The fourth-order valence-corrected chi connectivity index (χ4v) is 4.86. The zero-order valence-electron chi connectivity index (χ0n) is 20.5. The van der Waals surface area contributed by atoms with E-state index in [1.54, 1.807) is 63.8 Å². The summed E-state index contributed by atoms with van der Waals surface area (Å²) >= 11 is 2.11. The van der Waals surface area contributed by atoms with Crippen LogP contribution in [0.3, 0.4) is 0 Å². The van der Waals surface area contributed by atoms with Gasteiger partial charge in [-0.2, -0.15) is 0 Å². The second kappa shape index (κ2) is 11.9. The summed E-state index contributed by atoms with van der Waals surface area (Å²) in [7, 11) is 3.36. The fourth-order valence-electron chi connectivity index (χ4n) is 3.06. The van der Waals surface area contributed by atoms with Gasteiger partial charge in [0, 0.05) is 7.05 Å². The first-order chi connectivity index (χ1) is 17.1. The van der Waals surface area contributed by atoms with E-state index in [0.717, 1.165) is 17.1 Å². The SMILES string of the molecule is COc1ccc(OCc2nnc(SCC(=O)Nc3sc(C(N)=O)c(C)c3C(=O)OC(C)C)n2C)cc1. The van der Waals surface area contributed by atoms with Crippen LogP contribution in [-0.4, -0.2) is 51.5 Å². The summed E-state index contributed by atoms with van der Waals surface area (Å²) in [4.78, 5) is 37.2. The van der Waals surface area contributed by atoms with Gasteiger partial charge in [-0.15, -0.1) is 21.5 Å². The number of nitrogens with one attached hydrogen (secondary N) is 1. The first-order valence-electron chi connectivity index (χ1n) is 10.8. The number of nitrogens with two attached hydrogens (primary N) is 1. The highest BCUT2D eigenvalue weighted by atomic mass is 32.2. The van der Waals surface area contributed by atoms with Gasteiger partial charge in [-0.05, 0) is 50.6 Å². The lowest BCUT2D eigenvalue weighted by molar-refractivity contribution is -0.113. The van der Waals surface area contributed by atoms with Gasteiger partial charge in [-0.25, -0.2) is 4.79 Å². The van der Waals surface area contributed by atoms with E-state index >= 15 is 0 Å². The Bertz CT molecular complexity index is 1250. The molecule has 2 heterocycles. The van der Waals surface area contributed by atoms with Gasteiger partial charge in [0.25, 0.3) is 5.91 Å². The van der Waals surface area contributed by atoms with Gasteiger partial charge in [0.1, 0.15) is 23.1 Å². The molecule has 0 unspecified atom stereocenters. The quantitative estimate of drug-likeness (QED) is 0.280. The van der Waals surface area contributed by atoms with E-state index in [-0.39, 0.29) is 33.9 Å². The van der Waals surface area contributed by atoms with Gasteiger partial charge in [0.05, 0.1) is 29.4 Å². The summed E-state index contributed by atoms with van der Waals surface area (Å²) in [6.07, 6.45) is -0.369. The molecular weight excluding hydrogens is 506 g/mol. The number of anilines is 1. The minimum absolute atomic E-state index is 0.00711. The third-order valence-electron chi connectivity index (χ3n) is 4.86. The Morgan fingerprint density at radius 1 is 1.17 bits per heavy atom. The van der Waals surface area contributed by atoms with Crippen molar-refractivity contribution in [1.82, 2.24) is 14.8 Å². The van der Waals surface area contributed by atoms with E-state index in [4.69, 9.17) is 19.9 Å². The second-order valence-corrected chi connectivity index (χ2v) is 9.80. The van der Waals surface area contributed by atoms with Gasteiger partial charge in [0.15, 0.2) is 11.0 Å². The van der Waals surface area contributed by atoms with Crippen molar-refractivity contribution >= 4 is 45.9 Å². The average molecular weight is 534 g/mol. The summed E-state index contributed by atoms with van der Waals surface area (Å²) < 4.78 is 17.9. The second-order valence-electron chi connectivity index (χ2n) is 7.84. The van der Waals surface area contributed by atoms with Crippen LogP contribution < -0.4 is 20.5 Å². The van der Waals surface area contributed by atoms with Crippen molar-refractivity contribution in [2.24, 2.45) is 12.8 Å². The Morgan fingerprint density at radius 3 is 2.44 bits per heavy atom. The highest BCUT2D eigenvalue weighted by molar-refractivity contribution is 7.99. The highest BCUT2D eigenvalue weighted by Gasteiger charge is 2.26. The number of hydrogen-bond acceptors (Lipinski definition) is 10. The lowest BCUT2D eigenvalue weighted by atomic mass is 10.1. The lowest BCUT2D eigenvalue weighted by Gasteiger charge is -2.10. The van der Waals surface area contributed by atoms with Gasteiger partial charge < -0.3 is 29.8 Å². The van der Waals surface area contributed by atoms with Crippen LogP contribution in [-0.2, 0) is 23.2 Å². The number of methoxy groups -OCH3 is 1. The van der Waals surface area contributed by atoms with Crippen molar-refractivity contribution in [3.8, 4) is 11.5 Å². The molecule has 0 fully saturated rings. The van der Waals surface area contributed by atoms with E-state index in [0.29, 0.717) is 22.3 Å². The van der Waals surface area contributed by atoms with Crippen LogP contribution in [0.2, 0.25) is 0 Å². The topological polar surface area (TPSA) is 148 Å². The molecule has 0 atom stereocenters. The number of carbonyl (C=O) groups excluding carboxylic acids is 3. The molecule has 0 aliphatic rings. The predicted octanol–water partition coefficient (Wildman–Crippen LogP) is 3.17. The molecule has 1 aromatic carbocycles. The molecule has 192 valence electrons. The molecule has 3 N–H and O–H groups in total. The fraction of sp³-hybridized carbons (Fsp3) is 0.348. The number of thioether (sulfide) groups is 1. The van der Waals surface area contributed by atoms with E-state index in [1.165, 1.54) is 11.8 Å². The molecule has 2 amide bonds. The molecule has 0 spiro atoms. The van der Waals surface area contributed by atoms with Crippen LogP contribution >= 0.6 is 23.1 Å². The number of primary amides is 1. The third-order valence-corrected chi connectivity index (χ3v) is 7.10. The Kier molecular flexibility index (Phi) is 8.93. The number of rotatable bonds is 11. The molecule has 0 saturated heterocycles. The first kappa shape index (κ1) is 27.0. The standard InChI is InChI=1S/C23H27N5O6S2/c1-12(2)34-22(31)18-13(3)19(20(24)30)36-21(18)25-17(29)11-35-23-27-26-16(28(23)4)10-33-15-8-6-14(32-5)7-9-15/h6-9,12H,10-11H2,1-5H3,(H2,24,30)(H,25,29). The summed E-state index contributed by atoms with van der Waals surface area (Å²) in [6, 6.07) is 7.16. The summed E-state index contributed by atoms with van der Waals surface area (Å²) in [5.74, 6) is 0.235. The van der Waals surface area contributed by atoms with Crippen molar-refractivity contribution < 1.29 is 28.6 Å². The molecule has 0 aliphatic carbocycles. The van der Waals surface area contributed by atoms with E-state index in [2.05, 4.69) is 15.5 Å². The van der Waals surface area contributed by atoms with Crippen LogP contribution in [0.5, 0.6) is 11.5 Å². The average Bonchev–Trinajstić information content (AvgIpc) is 3.35. The number of carbonyl (C=O) groups is 3. The number of amides is 2. The smallest absolute Gasteiger partial charge is 0.341 e. The number of aromatic nitrogens is 3. The largest absolute Gasteiger partial charge is 0.497 e.